The van der Waals surface area contributed by atoms with Crippen molar-refractivity contribution in [2.75, 3.05) is 26.2 Å². The van der Waals surface area contributed by atoms with Gasteiger partial charge >= 0.3 is 0 Å². The van der Waals surface area contributed by atoms with E-state index in [1.54, 1.807) is 0 Å². The Hall–Kier alpha value is -1.91. The standard InChI is InChI=1S/C20H25N3O/c1-2-18(12-21-9-1)20-13-22-10-11-23(20)14-16-5-7-19(8-6-16)24-15-17-3-4-17/h1-2,5-9,12,17,20,22H,3-4,10-11,13-15H2. The van der Waals surface area contributed by atoms with Crippen molar-refractivity contribution in [3.63, 3.8) is 0 Å². The van der Waals surface area contributed by atoms with Gasteiger partial charge in [0.2, 0.25) is 0 Å². The van der Waals surface area contributed by atoms with E-state index in [4.69, 9.17) is 4.74 Å². The first-order valence-electron chi connectivity index (χ1n) is 8.95. The fourth-order valence-electron chi connectivity index (χ4n) is 3.26. The van der Waals surface area contributed by atoms with E-state index in [2.05, 4.69) is 45.5 Å². The van der Waals surface area contributed by atoms with Crippen molar-refractivity contribution in [2.24, 2.45) is 5.92 Å². The molecule has 1 saturated heterocycles. The Balaban J connectivity index is 1.40. The second kappa shape index (κ2) is 7.32. The van der Waals surface area contributed by atoms with Gasteiger partial charge in [-0.15, -0.1) is 0 Å². The molecular formula is C20H25N3O. The lowest BCUT2D eigenvalue weighted by Gasteiger charge is -2.36. The predicted octanol–water partition coefficient (Wildman–Crippen LogP) is 3.02. The van der Waals surface area contributed by atoms with Gasteiger partial charge in [-0.3, -0.25) is 9.88 Å². The number of rotatable bonds is 6. The van der Waals surface area contributed by atoms with Crippen molar-refractivity contribution in [1.82, 2.24) is 15.2 Å². The van der Waals surface area contributed by atoms with Crippen molar-refractivity contribution >= 4 is 0 Å². The molecule has 1 aromatic carbocycles. The fraction of sp³-hybridized carbons (Fsp3) is 0.450. The molecule has 1 N–H and O–H groups in total. The summed E-state index contributed by atoms with van der Waals surface area (Å²) in [6, 6.07) is 13.2. The molecule has 2 aliphatic rings. The lowest BCUT2D eigenvalue weighted by Crippen LogP contribution is -2.45. The van der Waals surface area contributed by atoms with Gasteiger partial charge in [-0.05, 0) is 48.1 Å². The summed E-state index contributed by atoms with van der Waals surface area (Å²) in [6.45, 7) is 4.91. The van der Waals surface area contributed by atoms with Gasteiger partial charge in [-0.2, -0.15) is 0 Å². The zero-order chi connectivity index (χ0) is 16.2. The molecule has 0 radical (unpaired) electrons. The van der Waals surface area contributed by atoms with Crippen LogP contribution in [0.2, 0.25) is 0 Å². The Labute approximate surface area is 143 Å². The van der Waals surface area contributed by atoms with Gasteiger partial charge in [0, 0.05) is 44.6 Å². The average molecular weight is 323 g/mol. The number of nitrogens with one attached hydrogen (secondary N) is 1. The van der Waals surface area contributed by atoms with Crippen LogP contribution in [0, 0.1) is 5.92 Å². The molecule has 1 aliphatic heterocycles. The summed E-state index contributed by atoms with van der Waals surface area (Å²) in [5, 5.41) is 3.50. The molecule has 0 amide bonds. The van der Waals surface area contributed by atoms with Crippen LogP contribution in [0.4, 0.5) is 0 Å². The van der Waals surface area contributed by atoms with Gasteiger partial charge in [0.1, 0.15) is 5.75 Å². The van der Waals surface area contributed by atoms with Crippen LogP contribution in [0.25, 0.3) is 0 Å². The topological polar surface area (TPSA) is 37.4 Å². The quantitative estimate of drug-likeness (QED) is 0.887. The number of hydrogen-bond donors (Lipinski definition) is 1. The summed E-state index contributed by atoms with van der Waals surface area (Å²) in [7, 11) is 0. The SMILES string of the molecule is c1cncc(C2CNCCN2Cc2ccc(OCC3CC3)cc2)c1. The van der Waals surface area contributed by atoms with E-state index in [9.17, 15) is 0 Å². The molecule has 1 aromatic heterocycles. The maximum Gasteiger partial charge on any atom is 0.119 e. The summed E-state index contributed by atoms with van der Waals surface area (Å²) in [5.41, 5.74) is 2.62. The van der Waals surface area contributed by atoms with Crippen LogP contribution in [0.3, 0.4) is 0 Å². The smallest absolute Gasteiger partial charge is 0.119 e. The number of ether oxygens (including phenoxy) is 1. The number of pyridine rings is 1. The van der Waals surface area contributed by atoms with Crippen LogP contribution >= 0.6 is 0 Å². The van der Waals surface area contributed by atoms with Gasteiger partial charge in [-0.1, -0.05) is 18.2 Å². The molecule has 1 aliphatic carbocycles. The third-order valence-electron chi connectivity index (χ3n) is 4.92. The molecule has 1 saturated carbocycles. The zero-order valence-corrected chi connectivity index (χ0v) is 14.0. The maximum absolute atomic E-state index is 5.83. The highest BCUT2D eigenvalue weighted by Gasteiger charge is 2.24. The van der Waals surface area contributed by atoms with E-state index >= 15 is 0 Å². The third-order valence-corrected chi connectivity index (χ3v) is 4.92. The van der Waals surface area contributed by atoms with Gasteiger partial charge < -0.3 is 10.1 Å². The molecule has 2 fully saturated rings. The molecule has 1 atom stereocenters. The molecule has 2 aromatic rings. The molecule has 0 bridgehead atoms. The van der Waals surface area contributed by atoms with Crippen molar-refractivity contribution in [3.8, 4) is 5.75 Å². The monoisotopic (exact) mass is 323 g/mol. The van der Waals surface area contributed by atoms with Crippen LogP contribution in [-0.2, 0) is 6.54 Å². The molecule has 24 heavy (non-hydrogen) atoms. The molecule has 4 rings (SSSR count). The van der Waals surface area contributed by atoms with E-state index in [-0.39, 0.29) is 0 Å². The molecule has 126 valence electrons. The minimum absolute atomic E-state index is 0.387. The Morgan fingerprint density at radius 2 is 2.04 bits per heavy atom. The van der Waals surface area contributed by atoms with E-state index in [0.29, 0.717) is 6.04 Å². The van der Waals surface area contributed by atoms with Crippen LogP contribution in [0.1, 0.15) is 30.0 Å². The molecule has 2 heterocycles. The molecule has 4 nitrogen and oxygen atoms in total. The van der Waals surface area contributed by atoms with Crippen LogP contribution in [0.5, 0.6) is 5.75 Å². The van der Waals surface area contributed by atoms with Crippen molar-refractivity contribution < 1.29 is 4.74 Å². The Morgan fingerprint density at radius 3 is 2.79 bits per heavy atom. The molecule has 4 heteroatoms. The van der Waals surface area contributed by atoms with Gasteiger partial charge in [-0.25, -0.2) is 0 Å². The first-order chi connectivity index (χ1) is 11.9. The van der Waals surface area contributed by atoms with Crippen LogP contribution in [0.15, 0.2) is 48.8 Å². The summed E-state index contributed by atoms with van der Waals surface area (Å²) in [5.74, 6) is 1.79. The summed E-state index contributed by atoms with van der Waals surface area (Å²) >= 11 is 0. The first kappa shape index (κ1) is 15.6. The Morgan fingerprint density at radius 1 is 1.17 bits per heavy atom. The van der Waals surface area contributed by atoms with Gasteiger partial charge in [0.25, 0.3) is 0 Å². The summed E-state index contributed by atoms with van der Waals surface area (Å²) in [6.07, 6.45) is 6.48. The molecular weight excluding hydrogens is 298 g/mol. The van der Waals surface area contributed by atoms with E-state index in [1.165, 1.54) is 24.0 Å². The third kappa shape index (κ3) is 3.94. The lowest BCUT2D eigenvalue weighted by atomic mass is 10.0. The van der Waals surface area contributed by atoms with Crippen LogP contribution < -0.4 is 10.1 Å². The zero-order valence-electron chi connectivity index (χ0n) is 14.0. The van der Waals surface area contributed by atoms with Crippen molar-refractivity contribution in [2.45, 2.75) is 25.4 Å². The minimum atomic E-state index is 0.387. The van der Waals surface area contributed by atoms with Gasteiger partial charge in [0.05, 0.1) is 6.61 Å². The average Bonchev–Trinajstić information content (AvgIpc) is 3.47. The maximum atomic E-state index is 5.83. The fourth-order valence-corrected chi connectivity index (χ4v) is 3.26. The van der Waals surface area contributed by atoms with E-state index in [0.717, 1.165) is 44.5 Å². The van der Waals surface area contributed by atoms with Gasteiger partial charge in [0.15, 0.2) is 0 Å². The number of benzene rings is 1. The van der Waals surface area contributed by atoms with E-state index in [1.807, 2.05) is 18.5 Å². The second-order valence-electron chi connectivity index (χ2n) is 6.88. The Bertz CT molecular complexity index is 640. The number of hydrogen-bond acceptors (Lipinski definition) is 4. The summed E-state index contributed by atoms with van der Waals surface area (Å²) < 4.78 is 5.83. The highest BCUT2D eigenvalue weighted by Crippen LogP contribution is 2.30. The van der Waals surface area contributed by atoms with Crippen molar-refractivity contribution in [3.05, 3.63) is 59.9 Å². The normalized spacial score (nSPS) is 21.6. The molecule has 1 unspecified atom stereocenters. The first-order valence-corrected chi connectivity index (χ1v) is 8.95. The minimum Gasteiger partial charge on any atom is -0.493 e. The number of aromatic nitrogens is 1. The van der Waals surface area contributed by atoms with Crippen LogP contribution in [-0.4, -0.2) is 36.1 Å². The predicted molar refractivity (Wildman–Crippen MR) is 94.9 cm³/mol. The largest absolute Gasteiger partial charge is 0.493 e. The van der Waals surface area contributed by atoms with Crippen molar-refractivity contribution in [1.29, 1.82) is 0 Å². The molecule has 0 spiro atoms. The Kier molecular flexibility index (Phi) is 4.76. The van der Waals surface area contributed by atoms with E-state index < -0.39 is 0 Å². The number of piperazine rings is 1. The highest BCUT2D eigenvalue weighted by molar-refractivity contribution is 5.28. The number of nitrogens with zero attached hydrogens (tertiary/aromatic N) is 2. The lowest BCUT2D eigenvalue weighted by molar-refractivity contribution is 0.153. The highest BCUT2D eigenvalue weighted by atomic mass is 16.5. The summed E-state index contributed by atoms with van der Waals surface area (Å²) in [4.78, 5) is 6.82. The second-order valence-corrected chi connectivity index (χ2v) is 6.88.